The summed E-state index contributed by atoms with van der Waals surface area (Å²) in [5, 5.41) is 20.9. The number of phenolic OH excluding ortho intramolecular Hbond substituents is 2. The quantitative estimate of drug-likeness (QED) is 0.474. The van der Waals surface area contributed by atoms with Crippen LogP contribution in [0.25, 0.3) is 33.4 Å². The number of rotatable bonds is 3. The highest BCUT2D eigenvalue weighted by Gasteiger charge is 2.09. The molecule has 0 aliphatic rings. The number of hydrogen-bond donors (Lipinski definition) is 2. The van der Waals surface area contributed by atoms with Gasteiger partial charge in [0, 0.05) is 11.1 Å². The molecule has 2 nitrogen and oxygen atoms in total. The smallest absolute Gasteiger partial charge is 0.124 e. The van der Waals surface area contributed by atoms with Gasteiger partial charge in [-0.3, -0.25) is 0 Å². The zero-order chi connectivity index (χ0) is 17.9. The van der Waals surface area contributed by atoms with Crippen LogP contribution in [-0.2, 0) is 0 Å². The summed E-state index contributed by atoms with van der Waals surface area (Å²) in [5.41, 5.74) is 5.24. The Balaban J connectivity index is 1.70. The van der Waals surface area contributed by atoms with E-state index in [0.717, 1.165) is 33.4 Å². The fraction of sp³-hybridized carbons (Fsp3) is 0. The molecule has 0 saturated heterocycles. The van der Waals surface area contributed by atoms with Crippen molar-refractivity contribution in [2.24, 2.45) is 0 Å². The normalized spacial score (nSPS) is 10.6. The summed E-state index contributed by atoms with van der Waals surface area (Å²) in [6.07, 6.45) is 0. The van der Waals surface area contributed by atoms with Crippen LogP contribution in [0.5, 0.6) is 11.5 Å². The molecule has 0 heterocycles. The third kappa shape index (κ3) is 3.05. The molecule has 4 aromatic rings. The van der Waals surface area contributed by atoms with Gasteiger partial charge in [0.15, 0.2) is 0 Å². The number of hydrogen-bond acceptors (Lipinski definition) is 2. The summed E-state index contributed by atoms with van der Waals surface area (Å²) in [6.45, 7) is 0. The fourth-order valence-corrected chi connectivity index (χ4v) is 3.15. The zero-order valence-corrected chi connectivity index (χ0v) is 14.1. The van der Waals surface area contributed by atoms with Crippen molar-refractivity contribution in [2.45, 2.75) is 0 Å². The van der Waals surface area contributed by atoms with E-state index in [4.69, 9.17) is 0 Å². The second-order valence-electron chi connectivity index (χ2n) is 6.20. The molecule has 126 valence electrons. The number of phenols is 2. The van der Waals surface area contributed by atoms with Crippen LogP contribution in [0.1, 0.15) is 0 Å². The maximum Gasteiger partial charge on any atom is 0.124 e. The molecule has 0 spiro atoms. The molecule has 26 heavy (non-hydrogen) atoms. The van der Waals surface area contributed by atoms with Crippen molar-refractivity contribution >= 4 is 0 Å². The van der Waals surface area contributed by atoms with Crippen molar-refractivity contribution in [2.75, 3.05) is 0 Å². The van der Waals surface area contributed by atoms with Gasteiger partial charge in [-0.2, -0.15) is 0 Å². The standard InChI is InChI=1S/C24H18O2/c25-23-15-19(11-13-21(23)17-7-3-1-4-8-17)20-12-14-22(24(26)16-20)18-9-5-2-6-10-18/h1-16,25-26H. The van der Waals surface area contributed by atoms with Crippen LogP contribution in [0.4, 0.5) is 0 Å². The summed E-state index contributed by atoms with van der Waals surface area (Å²) < 4.78 is 0. The zero-order valence-electron chi connectivity index (χ0n) is 14.1. The highest BCUT2D eigenvalue weighted by molar-refractivity contribution is 5.79. The highest BCUT2D eigenvalue weighted by Crippen LogP contribution is 2.36. The number of aromatic hydroxyl groups is 2. The first kappa shape index (κ1) is 16.0. The summed E-state index contributed by atoms with van der Waals surface area (Å²) >= 11 is 0. The summed E-state index contributed by atoms with van der Waals surface area (Å²) in [7, 11) is 0. The lowest BCUT2D eigenvalue weighted by Gasteiger charge is -2.10. The fourth-order valence-electron chi connectivity index (χ4n) is 3.15. The van der Waals surface area contributed by atoms with Crippen LogP contribution in [0, 0.1) is 0 Å². The Hall–Kier alpha value is -3.52. The highest BCUT2D eigenvalue weighted by atomic mass is 16.3. The van der Waals surface area contributed by atoms with Crippen LogP contribution in [0.2, 0.25) is 0 Å². The van der Waals surface area contributed by atoms with E-state index in [1.807, 2.05) is 84.9 Å². The van der Waals surface area contributed by atoms with E-state index in [-0.39, 0.29) is 11.5 Å². The van der Waals surface area contributed by atoms with Crippen LogP contribution in [0.3, 0.4) is 0 Å². The van der Waals surface area contributed by atoms with Crippen molar-refractivity contribution in [1.29, 1.82) is 0 Å². The van der Waals surface area contributed by atoms with Gasteiger partial charge in [0.2, 0.25) is 0 Å². The van der Waals surface area contributed by atoms with Crippen molar-refractivity contribution in [1.82, 2.24) is 0 Å². The van der Waals surface area contributed by atoms with E-state index < -0.39 is 0 Å². The molecular weight excluding hydrogens is 320 g/mol. The minimum Gasteiger partial charge on any atom is -0.507 e. The molecule has 0 aliphatic carbocycles. The first-order valence-corrected chi connectivity index (χ1v) is 8.49. The van der Waals surface area contributed by atoms with Gasteiger partial charge in [0.25, 0.3) is 0 Å². The van der Waals surface area contributed by atoms with Crippen molar-refractivity contribution < 1.29 is 10.2 Å². The van der Waals surface area contributed by atoms with E-state index >= 15 is 0 Å². The molecule has 0 bridgehead atoms. The minimum atomic E-state index is 0.223. The van der Waals surface area contributed by atoms with Crippen LogP contribution < -0.4 is 0 Å². The average molecular weight is 338 g/mol. The van der Waals surface area contributed by atoms with Gasteiger partial charge in [-0.15, -0.1) is 0 Å². The third-order valence-corrected chi connectivity index (χ3v) is 4.50. The predicted molar refractivity (Wildman–Crippen MR) is 106 cm³/mol. The molecule has 0 radical (unpaired) electrons. The van der Waals surface area contributed by atoms with Gasteiger partial charge in [-0.25, -0.2) is 0 Å². The Kier molecular flexibility index (Phi) is 4.16. The van der Waals surface area contributed by atoms with Gasteiger partial charge in [-0.05, 0) is 34.4 Å². The molecule has 4 rings (SSSR count). The average Bonchev–Trinajstić information content (AvgIpc) is 2.69. The van der Waals surface area contributed by atoms with Crippen molar-refractivity contribution in [3.05, 3.63) is 97.1 Å². The van der Waals surface area contributed by atoms with Gasteiger partial charge in [0.1, 0.15) is 11.5 Å². The molecule has 0 aliphatic heterocycles. The summed E-state index contributed by atoms with van der Waals surface area (Å²) in [6, 6.07) is 30.8. The maximum atomic E-state index is 10.4. The second-order valence-corrected chi connectivity index (χ2v) is 6.20. The van der Waals surface area contributed by atoms with Gasteiger partial charge >= 0.3 is 0 Å². The molecule has 0 unspecified atom stereocenters. The lowest BCUT2D eigenvalue weighted by atomic mass is 9.97. The molecule has 4 aromatic carbocycles. The van der Waals surface area contributed by atoms with Gasteiger partial charge < -0.3 is 10.2 Å². The Labute approximate surface area is 152 Å². The van der Waals surface area contributed by atoms with E-state index in [9.17, 15) is 10.2 Å². The van der Waals surface area contributed by atoms with E-state index in [1.54, 1.807) is 12.1 Å². The van der Waals surface area contributed by atoms with Gasteiger partial charge in [0.05, 0.1) is 0 Å². The largest absolute Gasteiger partial charge is 0.507 e. The first-order chi connectivity index (χ1) is 12.7. The van der Waals surface area contributed by atoms with Crippen molar-refractivity contribution in [3.63, 3.8) is 0 Å². The molecule has 0 aromatic heterocycles. The van der Waals surface area contributed by atoms with E-state index in [0.29, 0.717) is 0 Å². The van der Waals surface area contributed by atoms with E-state index in [2.05, 4.69) is 0 Å². The maximum absolute atomic E-state index is 10.4. The molecule has 2 N–H and O–H groups in total. The lowest BCUT2D eigenvalue weighted by molar-refractivity contribution is 0.476. The molecule has 2 heteroatoms. The summed E-state index contributed by atoms with van der Waals surface area (Å²) in [4.78, 5) is 0. The Morgan fingerprint density at radius 2 is 0.769 bits per heavy atom. The molecule has 0 saturated carbocycles. The number of benzene rings is 4. The van der Waals surface area contributed by atoms with Crippen LogP contribution >= 0.6 is 0 Å². The van der Waals surface area contributed by atoms with Gasteiger partial charge in [-0.1, -0.05) is 84.9 Å². The Bertz CT molecular complexity index is 951. The predicted octanol–water partition coefficient (Wildman–Crippen LogP) is 6.10. The molecule has 0 atom stereocenters. The molecule has 0 amide bonds. The first-order valence-electron chi connectivity index (χ1n) is 8.49. The Morgan fingerprint density at radius 1 is 0.385 bits per heavy atom. The molecular formula is C24H18O2. The van der Waals surface area contributed by atoms with Crippen molar-refractivity contribution in [3.8, 4) is 44.9 Å². The van der Waals surface area contributed by atoms with Crippen LogP contribution in [-0.4, -0.2) is 10.2 Å². The van der Waals surface area contributed by atoms with Crippen LogP contribution in [0.15, 0.2) is 97.1 Å². The lowest BCUT2D eigenvalue weighted by Crippen LogP contribution is -1.84. The Morgan fingerprint density at radius 3 is 1.12 bits per heavy atom. The monoisotopic (exact) mass is 338 g/mol. The SMILES string of the molecule is Oc1cc(-c2ccc(-c3ccccc3)c(O)c2)ccc1-c1ccccc1. The minimum absolute atomic E-state index is 0.223. The second kappa shape index (κ2) is 6.77. The van der Waals surface area contributed by atoms with E-state index in [1.165, 1.54) is 0 Å². The summed E-state index contributed by atoms with van der Waals surface area (Å²) in [5.74, 6) is 0.445. The topological polar surface area (TPSA) is 40.5 Å². The molecule has 0 fully saturated rings. The third-order valence-electron chi connectivity index (χ3n) is 4.50.